The predicted octanol–water partition coefficient (Wildman–Crippen LogP) is 20.1. The second kappa shape index (κ2) is 57.4. The van der Waals surface area contributed by atoms with Crippen LogP contribution in [0.2, 0.25) is 0 Å². The van der Waals surface area contributed by atoms with Crippen molar-refractivity contribution in [2.45, 2.75) is 366 Å². The molecule has 0 rings (SSSR count). The first kappa shape index (κ1) is 64.1. The lowest BCUT2D eigenvalue weighted by molar-refractivity contribution is -0.123. The minimum atomic E-state index is -0.658. The molecular weight excluding hydrogens is 795 g/mol. The molecule has 2 unspecified atom stereocenters. The number of amides is 1. The molecule has 0 aromatic heterocycles. The zero-order valence-corrected chi connectivity index (χ0v) is 44.8. The van der Waals surface area contributed by atoms with E-state index in [1.54, 1.807) is 0 Å². The predicted molar refractivity (Wildman–Crippen MR) is 290 cm³/mol. The minimum Gasteiger partial charge on any atom is -0.394 e. The standard InChI is InChI=1S/C61H121NO3/c1-3-5-7-9-11-13-15-17-19-21-23-25-27-29-30-31-33-35-37-39-41-43-45-47-49-51-53-55-57-61(65)62-59(58-63)60(64)56-54-52-50-48-46-44-42-40-38-36-34-32-28-26-24-22-20-18-16-14-12-10-8-6-4-2/h29-30,59-60,63-64H,3-28,31-58H2,1-2H3,(H,62,65)/b30-29-. The molecule has 0 aliphatic carbocycles. The van der Waals surface area contributed by atoms with E-state index in [-0.39, 0.29) is 12.5 Å². The SMILES string of the molecule is CCCCCCCCCCCCCC/C=C\CCCCCCCCCCCCCCC(=O)NC(CO)C(O)CCCCCCCCCCCCCCCCCCCCCCCCCCC. The van der Waals surface area contributed by atoms with E-state index in [4.69, 9.17) is 0 Å². The van der Waals surface area contributed by atoms with Gasteiger partial charge in [-0.2, -0.15) is 0 Å². The van der Waals surface area contributed by atoms with Crippen molar-refractivity contribution >= 4 is 5.91 Å². The summed E-state index contributed by atoms with van der Waals surface area (Å²) in [5, 5.41) is 23.4. The van der Waals surface area contributed by atoms with Crippen molar-refractivity contribution in [3.63, 3.8) is 0 Å². The first-order valence-corrected chi connectivity index (χ1v) is 30.4. The van der Waals surface area contributed by atoms with Crippen LogP contribution in [0.15, 0.2) is 12.2 Å². The molecule has 1 amide bonds. The number of aliphatic hydroxyl groups is 2. The first-order chi connectivity index (χ1) is 32.2. The molecule has 0 saturated carbocycles. The topological polar surface area (TPSA) is 69.6 Å². The maximum absolute atomic E-state index is 12.5. The summed E-state index contributed by atoms with van der Waals surface area (Å²) < 4.78 is 0. The summed E-state index contributed by atoms with van der Waals surface area (Å²) >= 11 is 0. The molecule has 65 heavy (non-hydrogen) atoms. The van der Waals surface area contributed by atoms with Crippen LogP contribution in [0.4, 0.5) is 0 Å². The number of nitrogens with one attached hydrogen (secondary N) is 1. The van der Waals surface area contributed by atoms with Gasteiger partial charge in [0.15, 0.2) is 0 Å². The van der Waals surface area contributed by atoms with Crippen molar-refractivity contribution in [3.8, 4) is 0 Å². The van der Waals surface area contributed by atoms with Gasteiger partial charge in [0.1, 0.15) is 0 Å². The largest absolute Gasteiger partial charge is 0.394 e. The molecular formula is C61H121NO3. The Morgan fingerprint density at radius 3 is 0.846 bits per heavy atom. The normalized spacial score (nSPS) is 12.7. The van der Waals surface area contributed by atoms with Crippen LogP contribution in [0.5, 0.6) is 0 Å². The third kappa shape index (κ3) is 53.9. The molecule has 0 heterocycles. The molecule has 2 atom stereocenters. The number of allylic oxidation sites excluding steroid dienone is 2. The van der Waals surface area contributed by atoms with E-state index >= 15 is 0 Å². The molecule has 0 aliphatic rings. The molecule has 0 aromatic rings. The molecule has 0 fully saturated rings. The van der Waals surface area contributed by atoms with Crippen molar-refractivity contribution in [2.24, 2.45) is 0 Å². The Labute approximate surface area is 409 Å². The lowest BCUT2D eigenvalue weighted by Crippen LogP contribution is -2.45. The summed E-state index contributed by atoms with van der Waals surface area (Å²) in [4.78, 5) is 12.5. The molecule has 0 radical (unpaired) electrons. The Bertz CT molecular complexity index is 905. The van der Waals surface area contributed by atoms with Gasteiger partial charge in [0.2, 0.25) is 5.91 Å². The fourth-order valence-electron chi connectivity index (χ4n) is 9.89. The number of hydrogen-bond acceptors (Lipinski definition) is 3. The summed E-state index contributed by atoms with van der Waals surface area (Å²) in [7, 11) is 0. The maximum atomic E-state index is 12.5. The third-order valence-electron chi connectivity index (χ3n) is 14.5. The summed E-state index contributed by atoms with van der Waals surface area (Å²) in [6.45, 7) is 4.41. The van der Waals surface area contributed by atoms with Gasteiger partial charge in [-0.25, -0.2) is 0 Å². The van der Waals surface area contributed by atoms with Gasteiger partial charge in [-0.15, -0.1) is 0 Å². The second-order valence-electron chi connectivity index (χ2n) is 21.1. The van der Waals surface area contributed by atoms with E-state index in [0.29, 0.717) is 12.8 Å². The van der Waals surface area contributed by atoms with Crippen LogP contribution in [-0.4, -0.2) is 34.9 Å². The van der Waals surface area contributed by atoms with Gasteiger partial charge in [-0.1, -0.05) is 321 Å². The zero-order chi connectivity index (χ0) is 47.0. The highest BCUT2D eigenvalue weighted by atomic mass is 16.3. The van der Waals surface area contributed by atoms with Crippen molar-refractivity contribution in [1.82, 2.24) is 5.32 Å². The zero-order valence-electron chi connectivity index (χ0n) is 44.8. The van der Waals surface area contributed by atoms with Gasteiger partial charge < -0.3 is 15.5 Å². The lowest BCUT2D eigenvalue weighted by Gasteiger charge is -2.22. The molecule has 4 heteroatoms. The number of unbranched alkanes of at least 4 members (excludes halogenated alkanes) is 48. The summed E-state index contributed by atoms with van der Waals surface area (Å²) in [6, 6.07) is -0.535. The van der Waals surface area contributed by atoms with Gasteiger partial charge in [0.05, 0.1) is 18.8 Å². The van der Waals surface area contributed by atoms with E-state index in [0.717, 1.165) is 25.7 Å². The Morgan fingerprint density at radius 2 is 0.585 bits per heavy atom. The van der Waals surface area contributed by atoms with Gasteiger partial charge in [0.25, 0.3) is 0 Å². The number of carbonyl (C=O) groups is 1. The molecule has 0 bridgehead atoms. The average Bonchev–Trinajstić information content (AvgIpc) is 3.31. The van der Waals surface area contributed by atoms with Crippen LogP contribution in [0.1, 0.15) is 354 Å². The van der Waals surface area contributed by atoms with E-state index in [1.807, 2.05) is 0 Å². The molecule has 0 spiro atoms. The van der Waals surface area contributed by atoms with E-state index in [1.165, 1.54) is 302 Å². The van der Waals surface area contributed by atoms with Gasteiger partial charge in [-0.05, 0) is 38.5 Å². The highest BCUT2D eigenvalue weighted by Gasteiger charge is 2.20. The molecule has 388 valence electrons. The highest BCUT2D eigenvalue weighted by Crippen LogP contribution is 2.18. The quantitative estimate of drug-likeness (QED) is 0.0421. The molecule has 3 N–H and O–H groups in total. The number of hydrogen-bond donors (Lipinski definition) is 3. The van der Waals surface area contributed by atoms with Crippen molar-refractivity contribution in [3.05, 3.63) is 12.2 Å². The Balaban J connectivity index is 3.41. The van der Waals surface area contributed by atoms with Crippen molar-refractivity contribution in [2.75, 3.05) is 6.61 Å². The third-order valence-corrected chi connectivity index (χ3v) is 14.5. The summed E-state index contributed by atoms with van der Waals surface area (Å²) in [5.74, 6) is -0.0243. The molecule has 4 nitrogen and oxygen atoms in total. The lowest BCUT2D eigenvalue weighted by atomic mass is 10.0. The van der Waals surface area contributed by atoms with Crippen LogP contribution in [0, 0.1) is 0 Å². The van der Waals surface area contributed by atoms with Gasteiger partial charge in [0, 0.05) is 6.42 Å². The van der Waals surface area contributed by atoms with E-state index in [9.17, 15) is 15.0 Å². The monoisotopic (exact) mass is 916 g/mol. The smallest absolute Gasteiger partial charge is 0.220 e. The number of aliphatic hydroxyl groups excluding tert-OH is 2. The number of rotatable bonds is 57. The summed E-state index contributed by atoms with van der Waals surface area (Å²) in [6.07, 6.45) is 75.1. The fourth-order valence-corrected chi connectivity index (χ4v) is 9.89. The number of carbonyl (C=O) groups excluding carboxylic acids is 1. The van der Waals surface area contributed by atoms with Gasteiger partial charge in [-0.3, -0.25) is 4.79 Å². The van der Waals surface area contributed by atoms with Crippen LogP contribution in [0.25, 0.3) is 0 Å². The first-order valence-electron chi connectivity index (χ1n) is 30.4. The van der Waals surface area contributed by atoms with Gasteiger partial charge >= 0.3 is 0 Å². The fraction of sp³-hybridized carbons (Fsp3) is 0.951. The molecule has 0 aliphatic heterocycles. The maximum Gasteiger partial charge on any atom is 0.220 e. The Hall–Kier alpha value is -0.870. The molecule has 0 saturated heterocycles. The van der Waals surface area contributed by atoms with Crippen molar-refractivity contribution in [1.29, 1.82) is 0 Å². The van der Waals surface area contributed by atoms with Crippen LogP contribution in [-0.2, 0) is 4.79 Å². The average molecular weight is 917 g/mol. The minimum absolute atomic E-state index is 0.0243. The second-order valence-corrected chi connectivity index (χ2v) is 21.1. The summed E-state index contributed by atoms with van der Waals surface area (Å²) in [5.41, 5.74) is 0. The van der Waals surface area contributed by atoms with Crippen LogP contribution in [0.3, 0.4) is 0 Å². The van der Waals surface area contributed by atoms with Crippen LogP contribution < -0.4 is 5.32 Å². The Morgan fingerprint density at radius 1 is 0.354 bits per heavy atom. The molecule has 0 aromatic carbocycles. The van der Waals surface area contributed by atoms with Crippen LogP contribution >= 0.6 is 0 Å². The Kier molecular flexibility index (Phi) is 56.7. The van der Waals surface area contributed by atoms with E-state index in [2.05, 4.69) is 31.3 Å². The highest BCUT2D eigenvalue weighted by molar-refractivity contribution is 5.76. The van der Waals surface area contributed by atoms with E-state index < -0.39 is 12.1 Å². The van der Waals surface area contributed by atoms with Crippen molar-refractivity contribution < 1.29 is 15.0 Å².